The summed E-state index contributed by atoms with van der Waals surface area (Å²) in [6, 6.07) is 1.67. The van der Waals surface area contributed by atoms with E-state index in [1.165, 1.54) is 4.68 Å². The molecular formula is C10H13N5O. The minimum atomic E-state index is -0.150. The minimum absolute atomic E-state index is 0.150. The number of carbonyl (C=O) groups excluding carboxylic acids is 1. The molecule has 0 bridgehead atoms. The maximum absolute atomic E-state index is 11.7. The fraction of sp³-hybridized carbons (Fsp3) is 0.300. The second-order valence-electron chi connectivity index (χ2n) is 3.48. The van der Waals surface area contributed by atoms with E-state index in [0.29, 0.717) is 12.2 Å². The van der Waals surface area contributed by atoms with Crippen molar-refractivity contribution in [1.29, 1.82) is 0 Å². The molecule has 1 amide bonds. The Labute approximate surface area is 92.9 Å². The molecule has 16 heavy (non-hydrogen) atoms. The summed E-state index contributed by atoms with van der Waals surface area (Å²) in [4.78, 5) is 15.8. The highest BCUT2D eigenvalue weighted by Crippen LogP contribution is 1.98. The first-order valence-electron chi connectivity index (χ1n) is 4.91. The van der Waals surface area contributed by atoms with E-state index in [-0.39, 0.29) is 5.91 Å². The van der Waals surface area contributed by atoms with Crippen LogP contribution in [0.1, 0.15) is 16.3 Å². The van der Waals surface area contributed by atoms with Crippen LogP contribution in [0.5, 0.6) is 0 Å². The average Bonchev–Trinajstić information content (AvgIpc) is 2.84. The summed E-state index contributed by atoms with van der Waals surface area (Å²) in [7, 11) is 3.62. The molecule has 6 nitrogen and oxygen atoms in total. The van der Waals surface area contributed by atoms with Gasteiger partial charge in [-0.25, -0.2) is 4.98 Å². The molecular weight excluding hydrogens is 206 g/mol. The van der Waals surface area contributed by atoms with E-state index < -0.39 is 0 Å². The van der Waals surface area contributed by atoms with Gasteiger partial charge in [0.25, 0.3) is 5.91 Å². The van der Waals surface area contributed by atoms with Gasteiger partial charge in [0.05, 0.1) is 6.54 Å². The van der Waals surface area contributed by atoms with Crippen molar-refractivity contribution in [3.05, 3.63) is 36.2 Å². The number of aryl methyl sites for hydroxylation is 2. The van der Waals surface area contributed by atoms with Crippen molar-refractivity contribution in [1.82, 2.24) is 24.6 Å². The Balaban J connectivity index is 1.99. The van der Waals surface area contributed by atoms with Gasteiger partial charge in [0.1, 0.15) is 11.5 Å². The van der Waals surface area contributed by atoms with Gasteiger partial charge in [-0.1, -0.05) is 0 Å². The van der Waals surface area contributed by atoms with Gasteiger partial charge in [-0.3, -0.25) is 9.48 Å². The molecule has 0 unspecified atom stereocenters. The first-order chi connectivity index (χ1) is 7.68. The Morgan fingerprint density at radius 3 is 2.81 bits per heavy atom. The third kappa shape index (κ3) is 1.95. The highest BCUT2D eigenvalue weighted by Gasteiger charge is 2.09. The molecule has 0 spiro atoms. The zero-order chi connectivity index (χ0) is 11.5. The third-order valence-corrected chi connectivity index (χ3v) is 2.38. The fourth-order valence-electron chi connectivity index (χ4n) is 1.41. The minimum Gasteiger partial charge on any atom is -0.343 e. The lowest BCUT2D eigenvalue weighted by Gasteiger charge is -2.05. The number of aromatic nitrogens is 4. The Morgan fingerprint density at radius 2 is 2.25 bits per heavy atom. The number of rotatable bonds is 3. The molecule has 2 aromatic rings. The molecule has 0 saturated carbocycles. The molecule has 0 aliphatic rings. The second kappa shape index (κ2) is 4.18. The zero-order valence-electron chi connectivity index (χ0n) is 9.21. The van der Waals surface area contributed by atoms with Crippen LogP contribution in [0.15, 0.2) is 24.7 Å². The third-order valence-electron chi connectivity index (χ3n) is 2.38. The number of nitrogens with one attached hydrogen (secondary N) is 1. The van der Waals surface area contributed by atoms with E-state index in [4.69, 9.17) is 0 Å². The molecule has 2 rings (SSSR count). The van der Waals surface area contributed by atoms with Crippen molar-refractivity contribution in [3.63, 3.8) is 0 Å². The van der Waals surface area contributed by atoms with Crippen LogP contribution < -0.4 is 5.32 Å². The van der Waals surface area contributed by atoms with Crippen molar-refractivity contribution in [2.45, 2.75) is 6.54 Å². The van der Waals surface area contributed by atoms with Crippen LogP contribution in [0.4, 0.5) is 0 Å². The molecule has 6 heteroatoms. The standard InChI is InChI=1S/C10H13N5O/c1-14-6-5-11-9(14)7-12-10(16)8-3-4-13-15(8)2/h3-6H,7H2,1-2H3,(H,12,16). The van der Waals surface area contributed by atoms with E-state index in [1.807, 2.05) is 17.8 Å². The number of carbonyl (C=O) groups is 1. The quantitative estimate of drug-likeness (QED) is 0.795. The van der Waals surface area contributed by atoms with Gasteiger partial charge in [0.15, 0.2) is 0 Å². The number of amides is 1. The van der Waals surface area contributed by atoms with Gasteiger partial charge >= 0.3 is 0 Å². The highest BCUT2D eigenvalue weighted by molar-refractivity contribution is 5.92. The Bertz CT molecular complexity index is 499. The molecule has 1 N–H and O–H groups in total. The van der Waals surface area contributed by atoms with Gasteiger partial charge in [-0.2, -0.15) is 5.10 Å². The van der Waals surface area contributed by atoms with E-state index in [0.717, 1.165) is 5.82 Å². The van der Waals surface area contributed by atoms with Gasteiger partial charge in [0, 0.05) is 32.7 Å². The largest absolute Gasteiger partial charge is 0.343 e. The predicted molar refractivity (Wildman–Crippen MR) is 57.6 cm³/mol. The Kier molecular flexibility index (Phi) is 2.72. The SMILES string of the molecule is Cn1ccnc1CNC(=O)c1ccnn1C. The van der Waals surface area contributed by atoms with Crippen molar-refractivity contribution in [2.75, 3.05) is 0 Å². The second-order valence-corrected chi connectivity index (χ2v) is 3.48. The van der Waals surface area contributed by atoms with Crippen molar-refractivity contribution in [2.24, 2.45) is 14.1 Å². The van der Waals surface area contributed by atoms with Gasteiger partial charge in [0.2, 0.25) is 0 Å². The average molecular weight is 219 g/mol. The van der Waals surface area contributed by atoms with Crippen molar-refractivity contribution < 1.29 is 4.79 Å². The predicted octanol–water partition coefficient (Wildman–Crippen LogP) is 0.0836. The molecule has 0 aromatic carbocycles. The lowest BCUT2D eigenvalue weighted by Crippen LogP contribution is -2.26. The Hall–Kier alpha value is -2.11. The summed E-state index contributed by atoms with van der Waals surface area (Å²) < 4.78 is 3.40. The molecule has 0 fully saturated rings. The molecule has 84 valence electrons. The topological polar surface area (TPSA) is 64.7 Å². The summed E-state index contributed by atoms with van der Waals surface area (Å²) >= 11 is 0. The summed E-state index contributed by atoms with van der Waals surface area (Å²) in [6.07, 6.45) is 5.13. The van der Waals surface area contributed by atoms with Gasteiger partial charge in [-0.05, 0) is 6.07 Å². The van der Waals surface area contributed by atoms with Gasteiger partial charge < -0.3 is 9.88 Å². The van der Waals surface area contributed by atoms with Crippen LogP contribution in [-0.2, 0) is 20.6 Å². The number of imidazole rings is 1. The lowest BCUT2D eigenvalue weighted by molar-refractivity contribution is 0.0940. The lowest BCUT2D eigenvalue weighted by atomic mass is 10.4. The van der Waals surface area contributed by atoms with E-state index in [2.05, 4.69) is 15.4 Å². The van der Waals surface area contributed by atoms with E-state index in [1.54, 1.807) is 25.5 Å². The first-order valence-corrected chi connectivity index (χ1v) is 4.91. The van der Waals surface area contributed by atoms with Crippen LogP contribution in [0.3, 0.4) is 0 Å². The summed E-state index contributed by atoms with van der Waals surface area (Å²) in [5.41, 5.74) is 0.536. The molecule has 0 saturated heterocycles. The normalized spacial score (nSPS) is 10.4. The number of hydrogen-bond acceptors (Lipinski definition) is 3. The molecule has 2 heterocycles. The van der Waals surface area contributed by atoms with Crippen molar-refractivity contribution >= 4 is 5.91 Å². The summed E-state index contributed by atoms with van der Waals surface area (Å²) in [5, 5.41) is 6.72. The molecule has 0 aliphatic carbocycles. The van der Waals surface area contributed by atoms with E-state index in [9.17, 15) is 4.79 Å². The van der Waals surface area contributed by atoms with Crippen molar-refractivity contribution in [3.8, 4) is 0 Å². The monoisotopic (exact) mass is 219 g/mol. The molecule has 2 aromatic heterocycles. The zero-order valence-corrected chi connectivity index (χ0v) is 9.21. The smallest absolute Gasteiger partial charge is 0.269 e. The maximum atomic E-state index is 11.7. The van der Waals surface area contributed by atoms with Crippen LogP contribution in [0.25, 0.3) is 0 Å². The highest BCUT2D eigenvalue weighted by atomic mass is 16.2. The van der Waals surface area contributed by atoms with E-state index >= 15 is 0 Å². The van der Waals surface area contributed by atoms with Crippen LogP contribution >= 0.6 is 0 Å². The summed E-state index contributed by atoms with van der Waals surface area (Å²) in [5.74, 6) is 0.665. The van der Waals surface area contributed by atoms with Gasteiger partial charge in [-0.15, -0.1) is 0 Å². The van der Waals surface area contributed by atoms with Crippen LogP contribution in [0, 0.1) is 0 Å². The fourth-order valence-corrected chi connectivity index (χ4v) is 1.41. The maximum Gasteiger partial charge on any atom is 0.269 e. The summed E-state index contributed by atoms with van der Waals surface area (Å²) in [6.45, 7) is 0.410. The molecule has 0 aliphatic heterocycles. The first kappa shape index (κ1) is 10.4. The van der Waals surface area contributed by atoms with Crippen LogP contribution in [-0.4, -0.2) is 25.2 Å². The number of nitrogens with zero attached hydrogens (tertiary/aromatic N) is 4. The Morgan fingerprint density at radius 1 is 1.44 bits per heavy atom. The molecule has 0 atom stereocenters. The van der Waals surface area contributed by atoms with Crippen LogP contribution in [0.2, 0.25) is 0 Å². The number of hydrogen-bond donors (Lipinski definition) is 1. The molecule has 0 radical (unpaired) electrons.